The van der Waals surface area contributed by atoms with Crippen molar-refractivity contribution in [1.29, 1.82) is 5.26 Å². The van der Waals surface area contributed by atoms with E-state index in [0.717, 1.165) is 26.2 Å². The van der Waals surface area contributed by atoms with Gasteiger partial charge in [0.25, 0.3) is 0 Å². The van der Waals surface area contributed by atoms with E-state index < -0.39 is 0 Å². The van der Waals surface area contributed by atoms with Gasteiger partial charge in [0.05, 0.1) is 18.2 Å². The number of amides is 1. The summed E-state index contributed by atoms with van der Waals surface area (Å²) in [5.74, 6) is 0.364. The Labute approximate surface area is 155 Å². The molecule has 1 amide bonds. The van der Waals surface area contributed by atoms with E-state index >= 15 is 0 Å². The minimum Gasteiger partial charge on any atom is -0.311 e. The molecule has 0 aliphatic rings. The van der Waals surface area contributed by atoms with Crippen LogP contribution in [0.4, 0.5) is 5.69 Å². The third-order valence-corrected chi connectivity index (χ3v) is 4.97. The van der Waals surface area contributed by atoms with E-state index in [1.165, 1.54) is 11.8 Å². The molecule has 0 spiro atoms. The van der Waals surface area contributed by atoms with Crippen molar-refractivity contribution in [2.24, 2.45) is 0 Å². The number of hydrogen-bond donors (Lipinski definition) is 0. The second-order valence-electron chi connectivity index (χ2n) is 5.54. The normalized spacial score (nSPS) is 10.2. The Bertz CT molecular complexity index is 733. The monoisotopic (exact) mass is 402 g/mol. The zero-order chi connectivity index (χ0) is 17.5. The quantitative estimate of drug-likeness (QED) is 0.630. The van der Waals surface area contributed by atoms with E-state index in [0.29, 0.717) is 18.7 Å². The van der Waals surface area contributed by atoms with Gasteiger partial charge in [-0.2, -0.15) is 5.26 Å². The van der Waals surface area contributed by atoms with Gasteiger partial charge >= 0.3 is 0 Å². The Morgan fingerprint density at radius 1 is 1.17 bits per heavy atom. The number of thioether (sulfide) groups is 1. The van der Waals surface area contributed by atoms with Crippen LogP contribution < -0.4 is 4.90 Å². The molecule has 0 fully saturated rings. The Morgan fingerprint density at radius 2 is 1.79 bits per heavy atom. The first kappa shape index (κ1) is 18.6. The number of aryl methyl sites for hydroxylation is 2. The summed E-state index contributed by atoms with van der Waals surface area (Å²) < 4.78 is 1.02. The van der Waals surface area contributed by atoms with E-state index in [1.54, 1.807) is 4.90 Å². The van der Waals surface area contributed by atoms with Crippen molar-refractivity contribution in [3.63, 3.8) is 0 Å². The van der Waals surface area contributed by atoms with Crippen molar-refractivity contribution < 1.29 is 4.79 Å². The van der Waals surface area contributed by atoms with Gasteiger partial charge in [0.2, 0.25) is 5.91 Å². The number of rotatable bonds is 6. The van der Waals surface area contributed by atoms with Crippen molar-refractivity contribution in [1.82, 2.24) is 0 Å². The Balaban J connectivity index is 2.12. The zero-order valence-corrected chi connectivity index (χ0v) is 16.2. The molecular formula is C19H19BrN2OS. The number of carbonyl (C=O) groups is 1. The molecule has 2 aromatic rings. The van der Waals surface area contributed by atoms with E-state index in [1.807, 2.05) is 50.2 Å². The first-order valence-electron chi connectivity index (χ1n) is 7.63. The maximum atomic E-state index is 12.7. The summed E-state index contributed by atoms with van der Waals surface area (Å²) in [6.07, 6.45) is 0.321. The highest BCUT2D eigenvalue weighted by Gasteiger charge is 2.16. The average molecular weight is 403 g/mol. The molecule has 0 atom stereocenters. The lowest BCUT2D eigenvalue weighted by Gasteiger charge is -2.22. The maximum Gasteiger partial charge on any atom is 0.237 e. The van der Waals surface area contributed by atoms with Gasteiger partial charge in [-0.3, -0.25) is 4.79 Å². The van der Waals surface area contributed by atoms with Crippen molar-refractivity contribution >= 4 is 39.3 Å². The van der Waals surface area contributed by atoms with E-state index in [9.17, 15) is 4.79 Å². The minimum atomic E-state index is 0.0168. The summed E-state index contributed by atoms with van der Waals surface area (Å²) in [6, 6.07) is 16.1. The molecule has 0 saturated carbocycles. The largest absolute Gasteiger partial charge is 0.311 e. The maximum absolute atomic E-state index is 12.7. The summed E-state index contributed by atoms with van der Waals surface area (Å²) in [6.45, 7) is 4.44. The van der Waals surface area contributed by atoms with Gasteiger partial charge in [-0.15, -0.1) is 11.8 Å². The van der Waals surface area contributed by atoms with Crippen LogP contribution in [0.1, 0.15) is 17.5 Å². The fourth-order valence-corrected chi connectivity index (χ4v) is 3.46. The average Bonchev–Trinajstić information content (AvgIpc) is 2.54. The van der Waals surface area contributed by atoms with Gasteiger partial charge in [-0.25, -0.2) is 0 Å². The molecule has 5 heteroatoms. The zero-order valence-electron chi connectivity index (χ0n) is 13.8. The third-order valence-electron chi connectivity index (χ3n) is 3.44. The smallest absolute Gasteiger partial charge is 0.237 e. The van der Waals surface area contributed by atoms with Crippen LogP contribution in [0.2, 0.25) is 0 Å². The number of anilines is 1. The first-order valence-corrected chi connectivity index (χ1v) is 9.41. The molecular weight excluding hydrogens is 384 g/mol. The van der Waals surface area contributed by atoms with Gasteiger partial charge in [0.15, 0.2) is 0 Å². The summed E-state index contributed by atoms with van der Waals surface area (Å²) in [5.41, 5.74) is 3.09. The van der Waals surface area contributed by atoms with Crippen molar-refractivity contribution in [2.75, 3.05) is 17.2 Å². The van der Waals surface area contributed by atoms with E-state index in [2.05, 4.69) is 28.1 Å². The van der Waals surface area contributed by atoms with Crippen LogP contribution in [0.5, 0.6) is 0 Å². The second kappa shape index (κ2) is 8.91. The van der Waals surface area contributed by atoms with Crippen LogP contribution in [0.3, 0.4) is 0 Å². The standard InChI is InChI=1S/C19H19BrN2OS/c1-14-10-15(2)12-17(11-14)22(9-3-8-21)19(23)13-24-18-6-4-16(20)5-7-18/h4-7,10-12H,3,9,13H2,1-2H3. The lowest BCUT2D eigenvalue weighted by Crippen LogP contribution is -2.33. The van der Waals surface area contributed by atoms with Crippen LogP contribution in [-0.4, -0.2) is 18.2 Å². The van der Waals surface area contributed by atoms with Crippen molar-refractivity contribution in [3.8, 4) is 6.07 Å². The lowest BCUT2D eigenvalue weighted by molar-refractivity contribution is -0.116. The SMILES string of the molecule is Cc1cc(C)cc(N(CCC#N)C(=O)CSc2ccc(Br)cc2)c1. The highest BCUT2D eigenvalue weighted by Crippen LogP contribution is 2.24. The molecule has 2 rings (SSSR count). The van der Waals surface area contributed by atoms with Crippen LogP contribution in [0, 0.1) is 25.2 Å². The fourth-order valence-electron chi connectivity index (χ4n) is 2.42. The molecule has 0 bridgehead atoms. The topological polar surface area (TPSA) is 44.1 Å². The Morgan fingerprint density at radius 3 is 2.38 bits per heavy atom. The molecule has 2 aromatic carbocycles. The minimum absolute atomic E-state index is 0.0168. The molecule has 124 valence electrons. The predicted octanol–water partition coefficient (Wildman–Crippen LogP) is 5.10. The van der Waals surface area contributed by atoms with Gasteiger partial charge in [-0.05, 0) is 61.4 Å². The first-order chi connectivity index (χ1) is 11.5. The van der Waals surface area contributed by atoms with E-state index in [-0.39, 0.29) is 5.91 Å². The van der Waals surface area contributed by atoms with Gasteiger partial charge in [-0.1, -0.05) is 22.0 Å². The number of nitriles is 1. The van der Waals surface area contributed by atoms with Crippen LogP contribution >= 0.6 is 27.7 Å². The van der Waals surface area contributed by atoms with Crippen molar-refractivity contribution in [2.45, 2.75) is 25.2 Å². The number of halogens is 1. The molecule has 0 aromatic heterocycles. The second-order valence-corrected chi connectivity index (χ2v) is 7.51. The highest BCUT2D eigenvalue weighted by molar-refractivity contribution is 9.10. The Hall–Kier alpha value is -1.77. The molecule has 0 aliphatic carbocycles. The van der Waals surface area contributed by atoms with Crippen LogP contribution in [0.15, 0.2) is 51.8 Å². The summed E-state index contributed by atoms with van der Waals surface area (Å²) in [5, 5.41) is 8.89. The highest BCUT2D eigenvalue weighted by atomic mass is 79.9. The summed E-state index contributed by atoms with van der Waals surface area (Å²) >= 11 is 4.91. The number of carbonyl (C=O) groups excluding carboxylic acids is 1. The van der Waals surface area contributed by atoms with Gasteiger partial charge in [0.1, 0.15) is 0 Å². The molecule has 0 unspecified atom stereocenters. The van der Waals surface area contributed by atoms with Crippen LogP contribution in [-0.2, 0) is 4.79 Å². The van der Waals surface area contributed by atoms with Gasteiger partial charge in [0, 0.05) is 21.6 Å². The van der Waals surface area contributed by atoms with E-state index in [4.69, 9.17) is 5.26 Å². The van der Waals surface area contributed by atoms with Gasteiger partial charge < -0.3 is 4.90 Å². The summed E-state index contributed by atoms with van der Waals surface area (Å²) in [4.78, 5) is 15.5. The number of hydrogen-bond acceptors (Lipinski definition) is 3. The Kier molecular flexibility index (Phi) is 6.89. The fraction of sp³-hybridized carbons (Fsp3) is 0.263. The van der Waals surface area contributed by atoms with Crippen LogP contribution in [0.25, 0.3) is 0 Å². The molecule has 0 radical (unpaired) electrons. The molecule has 24 heavy (non-hydrogen) atoms. The van der Waals surface area contributed by atoms with Crippen molar-refractivity contribution in [3.05, 3.63) is 58.1 Å². The molecule has 0 heterocycles. The molecule has 3 nitrogen and oxygen atoms in total. The predicted molar refractivity (Wildman–Crippen MR) is 103 cm³/mol. The number of nitrogens with zero attached hydrogens (tertiary/aromatic N) is 2. The number of benzene rings is 2. The third kappa shape index (κ3) is 5.40. The lowest BCUT2D eigenvalue weighted by atomic mass is 10.1. The molecule has 0 saturated heterocycles. The molecule has 0 N–H and O–H groups in total. The summed E-state index contributed by atoms with van der Waals surface area (Å²) in [7, 11) is 0. The molecule has 0 aliphatic heterocycles.